The van der Waals surface area contributed by atoms with Gasteiger partial charge in [0.05, 0.1) is 6.61 Å². The highest BCUT2D eigenvalue weighted by Crippen LogP contribution is 2.34. The third-order valence-electron chi connectivity index (χ3n) is 4.07. The van der Waals surface area contributed by atoms with Gasteiger partial charge in [-0.25, -0.2) is 0 Å². The van der Waals surface area contributed by atoms with Gasteiger partial charge in [0.1, 0.15) is 5.75 Å². The van der Waals surface area contributed by atoms with Crippen molar-refractivity contribution in [1.82, 2.24) is 5.32 Å². The molecular formula is C18H28ClNO. The Bertz CT molecular complexity index is 459. The molecule has 0 spiro atoms. The lowest BCUT2D eigenvalue weighted by Crippen LogP contribution is -2.32. The third-order valence-corrected chi connectivity index (χ3v) is 4.29. The van der Waals surface area contributed by atoms with Crippen LogP contribution in [0.15, 0.2) is 12.1 Å². The zero-order valence-corrected chi connectivity index (χ0v) is 14.3. The minimum absolute atomic E-state index is 0.513. The molecule has 0 amide bonds. The summed E-state index contributed by atoms with van der Waals surface area (Å²) < 4.78 is 5.83. The molecule has 21 heavy (non-hydrogen) atoms. The first-order valence-electron chi connectivity index (χ1n) is 8.27. The van der Waals surface area contributed by atoms with Crippen molar-refractivity contribution in [2.75, 3.05) is 13.2 Å². The molecule has 0 fully saturated rings. The van der Waals surface area contributed by atoms with Crippen LogP contribution in [0.1, 0.15) is 51.2 Å². The number of benzene rings is 1. The maximum Gasteiger partial charge on any atom is 0.125 e. The second kappa shape index (κ2) is 8.05. The third kappa shape index (κ3) is 4.89. The van der Waals surface area contributed by atoms with Gasteiger partial charge in [0.25, 0.3) is 0 Å². The molecule has 118 valence electrons. The predicted molar refractivity (Wildman–Crippen MR) is 90.5 cm³/mol. The van der Waals surface area contributed by atoms with Crippen LogP contribution in [0.4, 0.5) is 0 Å². The van der Waals surface area contributed by atoms with Gasteiger partial charge in [0.2, 0.25) is 0 Å². The molecule has 0 aliphatic carbocycles. The minimum Gasteiger partial charge on any atom is -0.493 e. The fourth-order valence-corrected chi connectivity index (χ4v) is 3.19. The first-order chi connectivity index (χ1) is 10.1. The molecule has 2 rings (SSSR count). The van der Waals surface area contributed by atoms with Gasteiger partial charge in [-0.1, -0.05) is 32.4 Å². The normalized spacial score (nSPS) is 15.1. The van der Waals surface area contributed by atoms with Crippen molar-refractivity contribution in [2.24, 2.45) is 5.92 Å². The number of nitrogens with one attached hydrogen (secondary N) is 1. The van der Waals surface area contributed by atoms with E-state index in [1.165, 1.54) is 30.4 Å². The summed E-state index contributed by atoms with van der Waals surface area (Å²) in [5, 5.41) is 4.53. The molecule has 1 aliphatic heterocycles. The molecule has 0 bridgehead atoms. The second-order valence-corrected chi connectivity index (χ2v) is 6.91. The summed E-state index contributed by atoms with van der Waals surface area (Å²) in [5.41, 5.74) is 2.54. The number of ether oxygens (including phenoxy) is 1. The van der Waals surface area contributed by atoms with E-state index in [9.17, 15) is 0 Å². The standard InChI is InChI=1S/C18H28ClNO/c1-4-8-20-17(6-5-13(2)3)12-15-11-16(19)10-14-7-9-21-18(14)15/h10-11,13,17,20H,4-9,12H2,1-3H3. The molecule has 3 heteroatoms. The maximum absolute atomic E-state index is 6.27. The Morgan fingerprint density at radius 1 is 1.29 bits per heavy atom. The lowest BCUT2D eigenvalue weighted by molar-refractivity contribution is 0.349. The zero-order valence-electron chi connectivity index (χ0n) is 13.5. The number of halogens is 1. The van der Waals surface area contributed by atoms with Crippen LogP contribution in [-0.4, -0.2) is 19.2 Å². The molecule has 1 unspecified atom stereocenters. The Hall–Kier alpha value is -0.730. The molecule has 0 saturated carbocycles. The summed E-state index contributed by atoms with van der Waals surface area (Å²) in [6.45, 7) is 8.66. The van der Waals surface area contributed by atoms with Crippen molar-refractivity contribution < 1.29 is 4.74 Å². The Balaban J connectivity index is 2.08. The van der Waals surface area contributed by atoms with Crippen LogP contribution in [0.2, 0.25) is 5.02 Å². The summed E-state index contributed by atoms with van der Waals surface area (Å²) in [7, 11) is 0. The second-order valence-electron chi connectivity index (χ2n) is 6.48. The van der Waals surface area contributed by atoms with E-state index in [0.717, 1.165) is 42.7 Å². The van der Waals surface area contributed by atoms with Crippen LogP contribution >= 0.6 is 11.6 Å². The van der Waals surface area contributed by atoms with Crippen molar-refractivity contribution in [3.63, 3.8) is 0 Å². The van der Waals surface area contributed by atoms with Gasteiger partial charge in [-0.05, 0) is 61.4 Å². The van der Waals surface area contributed by atoms with E-state index < -0.39 is 0 Å². The number of hydrogen-bond acceptors (Lipinski definition) is 2. The van der Waals surface area contributed by atoms with E-state index in [4.69, 9.17) is 16.3 Å². The minimum atomic E-state index is 0.513. The highest BCUT2D eigenvalue weighted by Gasteiger charge is 2.20. The Labute approximate surface area is 134 Å². The number of rotatable bonds is 8. The summed E-state index contributed by atoms with van der Waals surface area (Å²) >= 11 is 6.27. The molecule has 1 heterocycles. The largest absolute Gasteiger partial charge is 0.493 e. The van der Waals surface area contributed by atoms with Crippen LogP contribution in [0, 0.1) is 5.92 Å². The zero-order chi connectivity index (χ0) is 15.2. The quantitative estimate of drug-likeness (QED) is 0.756. The van der Waals surface area contributed by atoms with Crippen molar-refractivity contribution in [2.45, 2.75) is 58.9 Å². The molecule has 0 aromatic heterocycles. The van der Waals surface area contributed by atoms with Gasteiger partial charge < -0.3 is 10.1 Å². The molecule has 1 aromatic carbocycles. The highest BCUT2D eigenvalue weighted by atomic mass is 35.5. The van der Waals surface area contributed by atoms with E-state index in [0.29, 0.717) is 6.04 Å². The molecule has 1 aliphatic rings. The molecule has 1 N–H and O–H groups in total. The van der Waals surface area contributed by atoms with Crippen LogP contribution in [-0.2, 0) is 12.8 Å². The van der Waals surface area contributed by atoms with Gasteiger partial charge >= 0.3 is 0 Å². The lowest BCUT2D eigenvalue weighted by atomic mass is 9.96. The summed E-state index contributed by atoms with van der Waals surface area (Å²) in [6, 6.07) is 4.65. The van der Waals surface area contributed by atoms with Gasteiger partial charge in [-0.15, -0.1) is 0 Å². The lowest BCUT2D eigenvalue weighted by Gasteiger charge is -2.21. The Morgan fingerprint density at radius 2 is 2.10 bits per heavy atom. The van der Waals surface area contributed by atoms with Gasteiger partial charge in [0.15, 0.2) is 0 Å². The topological polar surface area (TPSA) is 21.3 Å². The summed E-state index contributed by atoms with van der Waals surface area (Å²) in [6.07, 6.45) is 5.63. The molecular weight excluding hydrogens is 282 g/mol. The van der Waals surface area contributed by atoms with Crippen LogP contribution in [0.25, 0.3) is 0 Å². The molecule has 1 aromatic rings. The Morgan fingerprint density at radius 3 is 2.81 bits per heavy atom. The molecule has 2 nitrogen and oxygen atoms in total. The number of hydrogen-bond donors (Lipinski definition) is 1. The SMILES string of the molecule is CCCNC(CCC(C)C)Cc1cc(Cl)cc2c1OCC2. The molecule has 0 radical (unpaired) electrons. The van der Waals surface area contributed by atoms with Crippen LogP contribution in [0.5, 0.6) is 5.75 Å². The van der Waals surface area contributed by atoms with Crippen LogP contribution in [0.3, 0.4) is 0 Å². The van der Waals surface area contributed by atoms with Crippen molar-refractivity contribution in [3.05, 3.63) is 28.3 Å². The fourth-order valence-electron chi connectivity index (χ4n) is 2.92. The van der Waals surface area contributed by atoms with Crippen LogP contribution < -0.4 is 10.1 Å². The van der Waals surface area contributed by atoms with E-state index >= 15 is 0 Å². The summed E-state index contributed by atoms with van der Waals surface area (Å²) in [5.74, 6) is 1.84. The molecule has 0 saturated heterocycles. The highest BCUT2D eigenvalue weighted by molar-refractivity contribution is 6.30. The average molecular weight is 310 g/mol. The van der Waals surface area contributed by atoms with Crippen molar-refractivity contribution in [1.29, 1.82) is 0 Å². The molecule has 1 atom stereocenters. The summed E-state index contributed by atoms with van der Waals surface area (Å²) in [4.78, 5) is 0. The fraction of sp³-hybridized carbons (Fsp3) is 0.667. The van der Waals surface area contributed by atoms with Crippen molar-refractivity contribution >= 4 is 11.6 Å². The van der Waals surface area contributed by atoms with E-state index in [-0.39, 0.29) is 0 Å². The number of fused-ring (bicyclic) bond motifs is 1. The first kappa shape index (κ1) is 16.6. The average Bonchev–Trinajstić information content (AvgIpc) is 2.89. The van der Waals surface area contributed by atoms with Gasteiger partial charge in [0, 0.05) is 17.5 Å². The van der Waals surface area contributed by atoms with Gasteiger partial charge in [-0.3, -0.25) is 0 Å². The van der Waals surface area contributed by atoms with E-state index in [1.807, 2.05) is 0 Å². The monoisotopic (exact) mass is 309 g/mol. The smallest absolute Gasteiger partial charge is 0.125 e. The van der Waals surface area contributed by atoms with Gasteiger partial charge in [-0.2, -0.15) is 0 Å². The van der Waals surface area contributed by atoms with Crippen molar-refractivity contribution in [3.8, 4) is 5.75 Å². The first-order valence-corrected chi connectivity index (χ1v) is 8.65. The Kier molecular flexibility index (Phi) is 6.38. The maximum atomic E-state index is 6.27. The van der Waals surface area contributed by atoms with E-state index in [1.54, 1.807) is 0 Å². The predicted octanol–water partition coefficient (Wildman–Crippen LogP) is 4.62. The van der Waals surface area contributed by atoms with E-state index in [2.05, 4.69) is 38.2 Å².